The molecule has 0 unspecified atom stereocenters. The summed E-state index contributed by atoms with van der Waals surface area (Å²) in [6.07, 6.45) is 1.45. The molecule has 1 N–H and O–H groups in total. The number of nitro groups is 1. The molecule has 0 aliphatic carbocycles. The van der Waals surface area contributed by atoms with E-state index < -0.39 is 4.92 Å². The van der Waals surface area contributed by atoms with E-state index in [1.165, 1.54) is 37.2 Å². The van der Waals surface area contributed by atoms with Crippen molar-refractivity contribution in [2.24, 2.45) is 5.10 Å². The summed E-state index contributed by atoms with van der Waals surface area (Å²) in [5.41, 5.74) is 3.07. The van der Waals surface area contributed by atoms with Gasteiger partial charge in [-0.3, -0.25) is 14.9 Å². The van der Waals surface area contributed by atoms with Gasteiger partial charge in [0, 0.05) is 17.0 Å². The molecule has 2 aromatic rings. The monoisotopic (exact) mass is 400 g/mol. The fraction of sp³-hybridized carbons (Fsp3) is 0.167. The lowest BCUT2D eigenvalue weighted by molar-refractivity contribution is -0.384. The summed E-state index contributed by atoms with van der Waals surface area (Å²) < 4.78 is 10.4. The highest BCUT2D eigenvalue weighted by Gasteiger charge is 2.07. The number of methoxy groups -OCH3 is 1. The van der Waals surface area contributed by atoms with Gasteiger partial charge < -0.3 is 9.47 Å². The van der Waals surface area contributed by atoms with Crippen molar-refractivity contribution >= 4 is 29.6 Å². The summed E-state index contributed by atoms with van der Waals surface area (Å²) in [5.74, 6) is 0.670. The van der Waals surface area contributed by atoms with E-state index in [2.05, 4.69) is 10.5 Å². The summed E-state index contributed by atoms with van der Waals surface area (Å²) in [5, 5.41) is 23.1. The maximum atomic E-state index is 11.8. The SMILES string of the molecule is COc1cc(C=NNC(=O)CSc2ccc([N+](=O)[O-])cc2)ccc1OCC#N. The van der Waals surface area contributed by atoms with Crippen LogP contribution in [0.15, 0.2) is 52.5 Å². The molecule has 0 saturated heterocycles. The quantitative estimate of drug-likeness (QED) is 0.297. The van der Waals surface area contributed by atoms with Gasteiger partial charge in [0.1, 0.15) is 6.07 Å². The van der Waals surface area contributed by atoms with Crippen molar-refractivity contribution in [2.45, 2.75) is 4.90 Å². The number of amides is 1. The van der Waals surface area contributed by atoms with Crippen LogP contribution in [0, 0.1) is 21.4 Å². The van der Waals surface area contributed by atoms with Crippen molar-refractivity contribution in [1.29, 1.82) is 5.26 Å². The van der Waals surface area contributed by atoms with Crippen LogP contribution in [0.3, 0.4) is 0 Å². The Morgan fingerprint density at radius 3 is 2.71 bits per heavy atom. The first-order valence-corrected chi connectivity index (χ1v) is 8.89. The molecular weight excluding hydrogens is 384 g/mol. The van der Waals surface area contributed by atoms with Gasteiger partial charge in [-0.05, 0) is 35.9 Å². The number of thioether (sulfide) groups is 1. The van der Waals surface area contributed by atoms with Gasteiger partial charge in [-0.2, -0.15) is 10.4 Å². The molecule has 2 rings (SSSR count). The minimum absolute atomic E-state index is 0.00197. The zero-order valence-corrected chi connectivity index (χ0v) is 15.6. The molecule has 0 bridgehead atoms. The van der Waals surface area contributed by atoms with E-state index in [0.29, 0.717) is 17.1 Å². The lowest BCUT2D eigenvalue weighted by atomic mass is 10.2. The topological polar surface area (TPSA) is 127 Å². The molecule has 1 amide bonds. The van der Waals surface area contributed by atoms with Crippen LogP contribution in [-0.4, -0.2) is 36.5 Å². The third-order valence-corrected chi connectivity index (χ3v) is 4.31. The summed E-state index contributed by atoms with van der Waals surface area (Å²) >= 11 is 1.24. The number of nitriles is 1. The van der Waals surface area contributed by atoms with Crippen LogP contribution in [0.25, 0.3) is 0 Å². The van der Waals surface area contributed by atoms with Crippen molar-refractivity contribution in [3.63, 3.8) is 0 Å². The molecule has 0 heterocycles. The van der Waals surface area contributed by atoms with E-state index >= 15 is 0 Å². The van der Waals surface area contributed by atoms with Crippen molar-refractivity contribution in [2.75, 3.05) is 19.5 Å². The predicted octanol–water partition coefficient (Wildman–Crippen LogP) is 2.75. The van der Waals surface area contributed by atoms with Gasteiger partial charge in [0.2, 0.25) is 5.91 Å². The Labute approximate surface area is 165 Å². The molecule has 0 atom stereocenters. The largest absolute Gasteiger partial charge is 0.493 e. The third kappa shape index (κ3) is 6.30. The predicted molar refractivity (Wildman–Crippen MR) is 104 cm³/mol. The van der Waals surface area contributed by atoms with Crippen LogP contribution in [-0.2, 0) is 4.79 Å². The smallest absolute Gasteiger partial charge is 0.269 e. The average Bonchev–Trinajstić information content (AvgIpc) is 2.71. The second-order valence-corrected chi connectivity index (χ2v) is 6.24. The first-order chi connectivity index (χ1) is 13.5. The Morgan fingerprint density at radius 2 is 2.07 bits per heavy atom. The Hall–Kier alpha value is -3.58. The number of non-ortho nitro benzene ring substituents is 1. The van der Waals surface area contributed by atoms with Gasteiger partial charge in [-0.15, -0.1) is 11.8 Å². The Morgan fingerprint density at radius 1 is 1.32 bits per heavy atom. The van der Waals surface area contributed by atoms with Crippen LogP contribution in [0.1, 0.15) is 5.56 Å². The Bertz CT molecular complexity index is 909. The molecule has 0 radical (unpaired) electrons. The standard InChI is InChI=1S/C18H16N4O5S/c1-26-17-10-13(2-7-16(17)27-9-8-19)11-20-21-18(23)12-28-15-5-3-14(4-6-15)22(24)25/h2-7,10-11H,9,12H2,1H3,(H,21,23). The lowest BCUT2D eigenvalue weighted by Crippen LogP contribution is -2.19. The van der Waals surface area contributed by atoms with Crippen molar-refractivity contribution in [3.8, 4) is 17.6 Å². The number of hydrogen-bond donors (Lipinski definition) is 1. The number of nitrogens with zero attached hydrogens (tertiary/aromatic N) is 3. The zero-order chi connectivity index (χ0) is 20.4. The third-order valence-electron chi connectivity index (χ3n) is 3.30. The second kappa shape index (κ2) is 10.5. The maximum absolute atomic E-state index is 11.8. The van der Waals surface area contributed by atoms with Crippen LogP contribution >= 0.6 is 11.8 Å². The van der Waals surface area contributed by atoms with Gasteiger partial charge in [-0.25, -0.2) is 5.43 Å². The number of nitro benzene ring substituents is 1. The molecule has 0 aliphatic heterocycles. The fourth-order valence-corrected chi connectivity index (χ4v) is 2.71. The number of benzene rings is 2. The van der Waals surface area contributed by atoms with Crippen LogP contribution < -0.4 is 14.9 Å². The Kier molecular flexibility index (Phi) is 7.80. The van der Waals surface area contributed by atoms with E-state index in [0.717, 1.165) is 4.90 Å². The number of hydrazone groups is 1. The minimum atomic E-state index is -0.479. The van der Waals surface area contributed by atoms with Crippen LogP contribution in [0.4, 0.5) is 5.69 Å². The average molecular weight is 400 g/mol. The maximum Gasteiger partial charge on any atom is 0.269 e. The summed E-state index contributed by atoms with van der Waals surface area (Å²) in [7, 11) is 1.48. The summed E-state index contributed by atoms with van der Waals surface area (Å²) in [6.45, 7) is -0.0910. The highest BCUT2D eigenvalue weighted by atomic mass is 32.2. The second-order valence-electron chi connectivity index (χ2n) is 5.19. The first kappa shape index (κ1) is 20.7. The highest BCUT2D eigenvalue weighted by molar-refractivity contribution is 8.00. The first-order valence-electron chi connectivity index (χ1n) is 7.90. The van der Waals surface area contributed by atoms with Crippen molar-refractivity contribution in [3.05, 3.63) is 58.1 Å². The van der Waals surface area contributed by atoms with Gasteiger partial charge in [-0.1, -0.05) is 0 Å². The summed E-state index contributed by atoms with van der Waals surface area (Å²) in [6, 6.07) is 12.8. The number of ether oxygens (including phenoxy) is 2. The molecular formula is C18H16N4O5S. The van der Waals surface area contributed by atoms with E-state index in [-0.39, 0.29) is 24.0 Å². The van der Waals surface area contributed by atoms with Crippen LogP contribution in [0.2, 0.25) is 0 Å². The molecule has 2 aromatic carbocycles. The van der Waals surface area contributed by atoms with Gasteiger partial charge in [0.25, 0.3) is 5.69 Å². The van der Waals surface area contributed by atoms with Gasteiger partial charge >= 0.3 is 0 Å². The highest BCUT2D eigenvalue weighted by Crippen LogP contribution is 2.27. The molecule has 28 heavy (non-hydrogen) atoms. The number of hydrogen-bond acceptors (Lipinski definition) is 8. The summed E-state index contributed by atoms with van der Waals surface area (Å²) in [4.78, 5) is 22.7. The zero-order valence-electron chi connectivity index (χ0n) is 14.8. The molecule has 0 saturated carbocycles. The lowest BCUT2D eigenvalue weighted by Gasteiger charge is -2.08. The van der Waals surface area contributed by atoms with Gasteiger partial charge in [0.05, 0.1) is 24.0 Å². The molecule has 0 aliphatic rings. The van der Waals surface area contributed by atoms with Crippen molar-refractivity contribution < 1.29 is 19.2 Å². The normalized spacial score (nSPS) is 10.3. The van der Waals surface area contributed by atoms with E-state index in [4.69, 9.17) is 14.7 Å². The minimum Gasteiger partial charge on any atom is -0.493 e. The fourth-order valence-electron chi connectivity index (χ4n) is 2.02. The number of carbonyl (C=O) groups excluding carboxylic acids is 1. The molecule has 10 heteroatoms. The molecule has 0 aromatic heterocycles. The number of rotatable bonds is 9. The molecule has 9 nitrogen and oxygen atoms in total. The molecule has 0 fully saturated rings. The Balaban J connectivity index is 1.85. The van der Waals surface area contributed by atoms with Gasteiger partial charge in [0.15, 0.2) is 18.1 Å². The van der Waals surface area contributed by atoms with E-state index in [9.17, 15) is 14.9 Å². The van der Waals surface area contributed by atoms with E-state index in [1.54, 1.807) is 30.3 Å². The van der Waals surface area contributed by atoms with E-state index in [1.807, 2.05) is 6.07 Å². The molecule has 0 spiro atoms. The number of nitrogens with one attached hydrogen (secondary N) is 1. The number of carbonyl (C=O) groups is 1. The molecule has 144 valence electrons. The van der Waals surface area contributed by atoms with Crippen LogP contribution in [0.5, 0.6) is 11.5 Å². The van der Waals surface area contributed by atoms with Crippen molar-refractivity contribution in [1.82, 2.24) is 5.43 Å².